The van der Waals surface area contributed by atoms with Crippen LogP contribution in [0.2, 0.25) is 0 Å². The van der Waals surface area contributed by atoms with Crippen LogP contribution in [0.4, 0.5) is 10.7 Å². The molecule has 1 aromatic carbocycles. The van der Waals surface area contributed by atoms with Crippen molar-refractivity contribution in [3.8, 4) is 0 Å². The van der Waals surface area contributed by atoms with Gasteiger partial charge in [-0.25, -0.2) is 4.79 Å². The highest BCUT2D eigenvalue weighted by molar-refractivity contribution is 7.17. The van der Waals surface area contributed by atoms with E-state index in [2.05, 4.69) is 29.3 Å². The number of nitrogens with one attached hydrogen (secondary N) is 1. The Morgan fingerprint density at radius 3 is 2.83 bits per heavy atom. The van der Waals surface area contributed by atoms with Crippen molar-refractivity contribution in [3.63, 3.8) is 0 Å². The van der Waals surface area contributed by atoms with Gasteiger partial charge >= 0.3 is 5.97 Å². The highest BCUT2D eigenvalue weighted by Gasteiger charge is 2.29. The van der Waals surface area contributed by atoms with Crippen LogP contribution in [0.3, 0.4) is 0 Å². The highest BCUT2D eigenvalue weighted by atomic mass is 32.1. The number of esters is 1. The smallest absolute Gasteiger partial charge is 0.341 e. The van der Waals surface area contributed by atoms with Crippen molar-refractivity contribution in [2.45, 2.75) is 58.4 Å². The van der Waals surface area contributed by atoms with Crippen LogP contribution in [0.5, 0.6) is 0 Å². The van der Waals surface area contributed by atoms with Crippen molar-refractivity contribution < 1.29 is 14.3 Å². The molecule has 0 spiro atoms. The molecule has 6 heteroatoms. The lowest BCUT2D eigenvalue weighted by molar-refractivity contribution is -0.115. The van der Waals surface area contributed by atoms with E-state index in [0.29, 0.717) is 17.2 Å². The topological polar surface area (TPSA) is 58.6 Å². The minimum atomic E-state index is -0.318. The number of para-hydroxylation sites is 1. The predicted molar refractivity (Wildman–Crippen MR) is 117 cm³/mol. The summed E-state index contributed by atoms with van der Waals surface area (Å²) in [5.74, 6) is -0.405. The number of aryl methyl sites for hydroxylation is 1. The van der Waals surface area contributed by atoms with E-state index in [1.165, 1.54) is 16.9 Å². The van der Waals surface area contributed by atoms with Gasteiger partial charge in [0.15, 0.2) is 0 Å². The zero-order chi connectivity index (χ0) is 20.4. The number of nitrogens with zero attached hydrogens (tertiary/aromatic N) is 1. The molecule has 2 aliphatic rings. The van der Waals surface area contributed by atoms with Gasteiger partial charge in [0.05, 0.1) is 18.7 Å². The Labute approximate surface area is 176 Å². The Morgan fingerprint density at radius 1 is 1.21 bits per heavy atom. The second-order valence-corrected chi connectivity index (χ2v) is 8.95. The summed E-state index contributed by atoms with van der Waals surface area (Å²) in [7, 11) is 0. The Hall–Kier alpha value is -2.34. The molecule has 1 amide bonds. The number of benzene rings is 1. The summed E-state index contributed by atoms with van der Waals surface area (Å²) >= 11 is 1.55. The van der Waals surface area contributed by atoms with Crippen LogP contribution in [0.15, 0.2) is 24.3 Å². The number of anilines is 2. The summed E-state index contributed by atoms with van der Waals surface area (Å²) < 4.78 is 5.32. The van der Waals surface area contributed by atoms with Gasteiger partial charge in [-0.2, -0.15) is 0 Å². The maximum absolute atomic E-state index is 12.9. The molecule has 4 rings (SSSR count). The number of rotatable bonds is 5. The van der Waals surface area contributed by atoms with E-state index in [1.54, 1.807) is 11.3 Å². The Balaban J connectivity index is 1.56. The Bertz CT molecular complexity index is 921. The molecule has 1 aromatic heterocycles. The van der Waals surface area contributed by atoms with Crippen LogP contribution in [-0.4, -0.2) is 31.1 Å². The van der Waals surface area contributed by atoms with Gasteiger partial charge in [0.25, 0.3) is 0 Å². The molecular weight excluding hydrogens is 384 g/mol. The van der Waals surface area contributed by atoms with E-state index in [1.807, 2.05) is 19.1 Å². The van der Waals surface area contributed by atoms with Crippen LogP contribution in [0, 0.1) is 0 Å². The van der Waals surface area contributed by atoms with Crippen LogP contribution in [0.25, 0.3) is 0 Å². The molecule has 1 aliphatic carbocycles. The summed E-state index contributed by atoms with van der Waals surface area (Å²) in [5.41, 5.74) is 4.07. The first kappa shape index (κ1) is 20.0. The Morgan fingerprint density at radius 2 is 2.00 bits per heavy atom. The number of ether oxygens (including phenoxy) is 1. The molecule has 0 saturated carbocycles. The van der Waals surface area contributed by atoms with E-state index in [4.69, 9.17) is 4.74 Å². The molecular formula is C23H28N2O3S. The lowest BCUT2D eigenvalue weighted by atomic mass is 10.1. The summed E-state index contributed by atoms with van der Waals surface area (Å²) in [4.78, 5) is 29.0. The fourth-order valence-electron chi connectivity index (χ4n) is 4.44. The molecule has 0 bridgehead atoms. The van der Waals surface area contributed by atoms with Gasteiger partial charge in [0.2, 0.25) is 5.91 Å². The lowest BCUT2D eigenvalue weighted by Crippen LogP contribution is -2.37. The minimum Gasteiger partial charge on any atom is -0.462 e. The van der Waals surface area contributed by atoms with Gasteiger partial charge in [0, 0.05) is 16.6 Å². The number of thiophene rings is 1. The van der Waals surface area contributed by atoms with Crippen molar-refractivity contribution in [2.24, 2.45) is 0 Å². The van der Waals surface area contributed by atoms with Crippen LogP contribution in [0.1, 0.15) is 59.5 Å². The van der Waals surface area contributed by atoms with Crippen molar-refractivity contribution >= 4 is 33.9 Å². The van der Waals surface area contributed by atoms with Crippen LogP contribution in [-0.2, 0) is 28.8 Å². The number of hydrogen-bond acceptors (Lipinski definition) is 5. The molecule has 5 nitrogen and oxygen atoms in total. The molecule has 1 aliphatic heterocycles. The number of fused-ring (bicyclic) bond motifs is 2. The van der Waals surface area contributed by atoms with Crippen LogP contribution < -0.4 is 10.2 Å². The van der Waals surface area contributed by atoms with Gasteiger partial charge < -0.3 is 15.0 Å². The summed E-state index contributed by atoms with van der Waals surface area (Å²) in [5, 5.41) is 3.70. The minimum absolute atomic E-state index is 0.0875. The fourth-order valence-corrected chi connectivity index (χ4v) is 5.73. The summed E-state index contributed by atoms with van der Waals surface area (Å²) in [6, 6.07) is 8.53. The zero-order valence-corrected chi connectivity index (χ0v) is 17.9. The molecule has 29 heavy (non-hydrogen) atoms. The first-order valence-electron chi connectivity index (χ1n) is 10.5. The van der Waals surface area contributed by atoms with E-state index < -0.39 is 0 Å². The summed E-state index contributed by atoms with van der Waals surface area (Å²) in [6.07, 6.45) is 6.19. The molecule has 2 heterocycles. The van der Waals surface area contributed by atoms with Crippen LogP contribution >= 0.6 is 11.3 Å². The molecule has 154 valence electrons. The third-order valence-electron chi connectivity index (χ3n) is 5.82. The lowest BCUT2D eigenvalue weighted by Gasteiger charge is -2.24. The normalized spacial score (nSPS) is 18.0. The van der Waals surface area contributed by atoms with Crippen molar-refractivity contribution in [2.75, 3.05) is 23.4 Å². The van der Waals surface area contributed by atoms with E-state index in [0.717, 1.165) is 43.4 Å². The molecule has 0 fully saturated rings. The molecule has 1 atom stereocenters. The van der Waals surface area contributed by atoms with Gasteiger partial charge in [-0.1, -0.05) is 24.6 Å². The quantitative estimate of drug-likeness (QED) is 0.577. The van der Waals surface area contributed by atoms with Crippen molar-refractivity contribution in [1.82, 2.24) is 0 Å². The number of amides is 1. The van der Waals surface area contributed by atoms with Gasteiger partial charge in [0.1, 0.15) is 5.00 Å². The third kappa shape index (κ3) is 4.04. The maximum atomic E-state index is 12.9. The monoisotopic (exact) mass is 412 g/mol. The maximum Gasteiger partial charge on any atom is 0.341 e. The number of carbonyl (C=O) groups excluding carboxylic acids is 2. The third-order valence-corrected chi connectivity index (χ3v) is 7.02. The fraction of sp³-hybridized carbons (Fsp3) is 0.478. The van der Waals surface area contributed by atoms with Gasteiger partial charge in [-0.05, 0) is 63.1 Å². The average molecular weight is 413 g/mol. The summed E-state index contributed by atoms with van der Waals surface area (Å²) in [6.45, 7) is 4.57. The standard InChI is InChI=1S/C23H28N2O3S/c1-3-28-23(27)21-17-10-5-4-6-12-19(17)29-22(21)24-20(26)14-25-15(2)13-16-9-7-8-11-18(16)25/h7-9,11,15H,3-6,10,12-14H2,1-2H3,(H,24,26). The number of hydrogen-bond donors (Lipinski definition) is 1. The van der Waals surface area contributed by atoms with Crippen molar-refractivity contribution in [3.05, 3.63) is 45.8 Å². The molecule has 0 saturated heterocycles. The number of carbonyl (C=O) groups is 2. The van der Waals surface area contributed by atoms with E-state index >= 15 is 0 Å². The molecule has 0 radical (unpaired) electrons. The zero-order valence-electron chi connectivity index (χ0n) is 17.1. The molecule has 1 N–H and O–H groups in total. The second-order valence-electron chi connectivity index (χ2n) is 7.85. The first-order valence-corrected chi connectivity index (χ1v) is 11.4. The van der Waals surface area contributed by atoms with Gasteiger partial charge in [-0.15, -0.1) is 11.3 Å². The highest BCUT2D eigenvalue weighted by Crippen LogP contribution is 2.38. The molecule has 2 aromatic rings. The average Bonchev–Trinajstić information content (AvgIpc) is 3.09. The SMILES string of the molecule is CCOC(=O)c1c(NC(=O)CN2c3ccccc3CC2C)sc2c1CCCCC2. The Kier molecular flexibility index (Phi) is 5.90. The van der Waals surface area contributed by atoms with Gasteiger partial charge in [-0.3, -0.25) is 4.79 Å². The van der Waals surface area contributed by atoms with E-state index in [-0.39, 0.29) is 24.5 Å². The van der Waals surface area contributed by atoms with Crippen molar-refractivity contribution in [1.29, 1.82) is 0 Å². The second kappa shape index (κ2) is 8.57. The molecule has 1 unspecified atom stereocenters. The largest absolute Gasteiger partial charge is 0.462 e. The first-order chi connectivity index (χ1) is 14.1. The van der Waals surface area contributed by atoms with E-state index in [9.17, 15) is 9.59 Å². The predicted octanol–water partition coefficient (Wildman–Crippen LogP) is 4.58.